The molecule has 2 aromatic carbocycles. The normalized spacial score (nSPS) is 18.4. The van der Waals surface area contributed by atoms with Crippen LogP contribution >= 0.6 is 0 Å². The van der Waals surface area contributed by atoms with Gasteiger partial charge in [-0.15, -0.1) is 0 Å². The number of piperidine rings is 2. The van der Waals surface area contributed by atoms with Gasteiger partial charge in [-0.05, 0) is 80.9 Å². The van der Waals surface area contributed by atoms with Gasteiger partial charge in [-0.1, -0.05) is 36.4 Å². The van der Waals surface area contributed by atoms with Gasteiger partial charge >= 0.3 is 0 Å². The topological polar surface area (TPSA) is 35.6 Å². The lowest BCUT2D eigenvalue weighted by molar-refractivity contribution is -0.126. The van der Waals surface area contributed by atoms with E-state index < -0.39 is 0 Å². The van der Waals surface area contributed by atoms with Crippen molar-refractivity contribution >= 4 is 11.6 Å². The third kappa shape index (κ3) is 5.42. The maximum absolute atomic E-state index is 12.7. The average Bonchev–Trinajstić information content (AvgIpc) is 2.80. The predicted molar refractivity (Wildman–Crippen MR) is 124 cm³/mol. The van der Waals surface area contributed by atoms with Crippen LogP contribution in [0.3, 0.4) is 0 Å². The molecule has 0 aliphatic carbocycles. The first-order chi connectivity index (χ1) is 14.7. The summed E-state index contributed by atoms with van der Waals surface area (Å²) >= 11 is 0. The van der Waals surface area contributed by atoms with Gasteiger partial charge in [0.15, 0.2) is 0 Å². The van der Waals surface area contributed by atoms with Gasteiger partial charge in [0, 0.05) is 37.8 Å². The van der Waals surface area contributed by atoms with Crippen LogP contribution < -0.4 is 10.2 Å². The summed E-state index contributed by atoms with van der Waals surface area (Å²) < 4.78 is 0. The highest BCUT2D eigenvalue weighted by Gasteiger charge is 2.25. The van der Waals surface area contributed by atoms with Crippen molar-refractivity contribution in [3.05, 3.63) is 65.2 Å². The number of amides is 1. The molecule has 2 fully saturated rings. The monoisotopic (exact) mass is 405 g/mol. The van der Waals surface area contributed by atoms with Gasteiger partial charge in [-0.3, -0.25) is 9.69 Å². The second-order valence-corrected chi connectivity index (χ2v) is 8.91. The van der Waals surface area contributed by atoms with Crippen molar-refractivity contribution in [2.75, 3.05) is 31.1 Å². The Labute approximate surface area is 181 Å². The van der Waals surface area contributed by atoms with Crippen LogP contribution in [0.15, 0.2) is 48.5 Å². The van der Waals surface area contributed by atoms with Crippen molar-refractivity contribution < 1.29 is 4.79 Å². The Morgan fingerprint density at radius 2 is 1.63 bits per heavy atom. The van der Waals surface area contributed by atoms with Crippen molar-refractivity contribution in [3.63, 3.8) is 0 Å². The van der Waals surface area contributed by atoms with Crippen LogP contribution in [0, 0.1) is 12.8 Å². The summed E-state index contributed by atoms with van der Waals surface area (Å²) in [6.07, 6.45) is 5.84. The van der Waals surface area contributed by atoms with Crippen LogP contribution in [0.5, 0.6) is 0 Å². The number of likely N-dealkylation sites (tertiary alicyclic amines) is 1. The van der Waals surface area contributed by atoms with E-state index in [1.807, 2.05) is 0 Å². The SMILES string of the molecule is Cc1ccccc1CN1CCC(C(=O)NCc2ccc(N3CCCCC3)cc2)CC1. The van der Waals surface area contributed by atoms with Crippen molar-refractivity contribution in [2.45, 2.75) is 52.1 Å². The minimum Gasteiger partial charge on any atom is -0.372 e. The molecule has 2 heterocycles. The molecule has 2 aliphatic rings. The summed E-state index contributed by atoms with van der Waals surface area (Å²) in [5.74, 6) is 0.358. The second kappa shape index (κ2) is 10.1. The molecule has 0 aromatic heterocycles. The zero-order chi connectivity index (χ0) is 20.8. The molecule has 0 radical (unpaired) electrons. The minimum atomic E-state index is 0.144. The molecular formula is C26H35N3O. The summed E-state index contributed by atoms with van der Waals surface area (Å²) in [6, 6.07) is 17.3. The number of aryl methyl sites for hydroxylation is 1. The molecule has 160 valence electrons. The second-order valence-electron chi connectivity index (χ2n) is 8.91. The van der Waals surface area contributed by atoms with E-state index in [9.17, 15) is 4.79 Å². The summed E-state index contributed by atoms with van der Waals surface area (Å²) in [5, 5.41) is 3.17. The van der Waals surface area contributed by atoms with E-state index in [1.54, 1.807) is 0 Å². The summed E-state index contributed by atoms with van der Waals surface area (Å²) in [7, 11) is 0. The molecule has 0 bridgehead atoms. The van der Waals surface area contributed by atoms with Crippen molar-refractivity contribution in [1.29, 1.82) is 0 Å². The van der Waals surface area contributed by atoms with E-state index >= 15 is 0 Å². The van der Waals surface area contributed by atoms with E-state index in [0.717, 1.165) is 32.5 Å². The zero-order valence-electron chi connectivity index (χ0n) is 18.3. The molecule has 4 rings (SSSR count). The highest BCUT2D eigenvalue weighted by atomic mass is 16.1. The first-order valence-corrected chi connectivity index (χ1v) is 11.6. The summed E-state index contributed by atoms with van der Waals surface area (Å²) in [6.45, 7) is 8.12. The molecule has 2 aliphatic heterocycles. The van der Waals surface area contributed by atoms with Gasteiger partial charge in [0.25, 0.3) is 0 Å². The molecule has 0 unspecified atom stereocenters. The van der Waals surface area contributed by atoms with Crippen molar-refractivity contribution in [2.24, 2.45) is 5.92 Å². The largest absolute Gasteiger partial charge is 0.372 e. The minimum absolute atomic E-state index is 0.144. The molecule has 4 heteroatoms. The smallest absolute Gasteiger partial charge is 0.223 e. The van der Waals surface area contributed by atoms with Crippen LogP contribution in [0.1, 0.15) is 48.8 Å². The number of nitrogens with zero attached hydrogens (tertiary/aromatic N) is 2. The van der Waals surface area contributed by atoms with Crippen molar-refractivity contribution in [1.82, 2.24) is 10.2 Å². The van der Waals surface area contributed by atoms with Gasteiger partial charge in [0.2, 0.25) is 5.91 Å². The van der Waals surface area contributed by atoms with Gasteiger partial charge in [0.05, 0.1) is 0 Å². The lowest BCUT2D eigenvalue weighted by Crippen LogP contribution is -2.40. The highest BCUT2D eigenvalue weighted by molar-refractivity contribution is 5.78. The lowest BCUT2D eigenvalue weighted by Gasteiger charge is -2.31. The first-order valence-electron chi connectivity index (χ1n) is 11.6. The Balaban J connectivity index is 1.21. The number of carbonyl (C=O) groups excluding carboxylic acids is 1. The first kappa shape index (κ1) is 20.9. The molecule has 0 saturated carbocycles. The third-order valence-corrected chi connectivity index (χ3v) is 6.74. The number of rotatable bonds is 6. The van der Waals surface area contributed by atoms with E-state index in [-0.39, 0.29) is 11.8 Å². The van der Waals surface area contributed by atoms with Gasteiger partial charge < -0.3 is 10.2 Å². The fourth-order valence-electron chi connectivity index (χ4n) is 4.69. The molecule has 0 spiro atoms. The lowest BCUT2D eigenvalue weighted by atomic mass is 9.95. The number of hydrogen-bond acceptors (Lipinski definition) is 3. The van der Waals surface area contributed by atoms with E-state index in [0.29, 0.717) is 6.54 Å². The van der Waals surface area contributed by atoms with E-state index in [1.165, 1.54) is 54.7 Å². The van der Waals surface area contributed by atoms with Gasteiger partial charge in [-0.25, -0.2) is 0 Å². The van der Waals surface area contributed by atoms with Crippen LogP contribution in [-0.4, -0.2) is 37.0 Å². The number of anilines is 1. The van der Waals surface area contributed by atoms with E-state index in [4.69, 9.17) is 0 Å². The van der Waals surface area contributed by atoms with Gasteiger partial charge in [0.1, 0.15) is 0 Å². The van der Waals surface area contributed by atoms with Crippen LogP contribution in [-0.2, 0) is 17.9 Å². The van der Waals surface area contributed by atoms with Gasteiger partial charge in [-0.2, -0.15) is 0 Å². The zero-order valence-corrected chi connectivity index (χ0v) is 18.3. The maximum atomic E-state index is 12.7. The fourth-order valence-corrected chi connectivity index (χ4v) is 4.69. The molecule has 2 aromatic rings. The van der Waals surface area contributed by atoms with Crippen LogP contribution in [0.4, 0.5) is 5.69 Å². The molecule has 2 saturated heterocycles. The summed E-state index contributed by atoms with van der Waals surface area (Å²) in [5.41, 5.74) is 5.24. The molecule has 1 N–H and O–H groups in total. The Kier molecular flexibility index (Phi) is 7.06. The number of nitrogens with one attached hydrogen (secondary N) is 1. The Morgan fingerprint density at radius 3 is 2.33 bits per heavy atom. The van der Waals surface area contributed by atoms with E-state index in [2.05, 4.69) is 70.6 Å². The Bertz CT molecular complexity index is 818. The average molecular weight is 406 g/mol. The standard InChI is InChI=1S/C26H35N3O/c1-21-7-3-4-8-24(21)20-28-17-13-23(14-18-28)26(30)27-19-22-9-11-25(12-10-22)29-15-5-2-6-16-29/h3-4,7-12,23H,2,5-6,13-20H2,1H3,(H,27,30). The number of carbonyl (C=O) groups is 1. The number of hydrogen-bond donors (Lipinski definition) is 1. The van der Waals surface area contributed by atoms with Crippen LogP contribution in [0.25, 0.3) is 0 Å². The fraction of sp³-hybridized carbons (Fsp3) is 0.500. The Hall–Kier alpha value is -2.33. The molecular weight excluding hydrogens is 370 g/mol. The van der Waals surface area contributed by atoms with Crippen LogP contribution in [0.2, 0.25) is 0 Å². The molecule has 1 amide bonds. The molecule has 4 nitrogen and oxygen atoms in total. The molecule has 30 heavy (non-hydrogen) atoms. The van der Waals surface area contributed by atoms with Crippen molar-refractivity contribution in [3.8, 4) is 0 Å². The highest BCUT2D eigenvalue weighted by Crippen LogP contribution is 2.22. The molecule has 0 atom stereocenters. The Morgan fingerprint density at radius 1 is 0.933 bits per heavy atom. The third-order valence-electron chi connectivity index (χ3n) is 6.74. The number of benzene rings is 2. The predicted octanol–water partition coefficient (Wildman–Crippen LogP) is 4.51. The summed E-state index contributed by atoms with van der Waals surface area (Å²) in [4.78, 5) is 17.6. The maximum Gasteiger partial charge on any atom is 0.223 e. The quantitative estimate of drug-likeness (QED) is 0.768.